The molecule has 1 N–H and O–H groups in total. The Morgan fingerprint density at radius 2 is 1.79 bits per heavy atom. The molecule has 0 atom stereocenters. The summed E-state index contributed by atoms with van der Waals surface area (Å²) in [6.07, 6.45) is 5.95. The average Bonchev–Trinajstić information content (AvgIpc) is 2.87. The number of aromatic amines is 1. The van der Waals surface area contributed by atoms with E-state index in [1.54, 1.807) is 14.2 Å². The molecular formula is C18H26N4O2. The second-order valence-corrected chi connectivity index (χ2v) is 6.25. The van der Waals surface area contributed by atoms with Crippen LogP contribution in [0.1, 0.15) is 42.9 Å². The first-order chi connectivity index (χ1) is 11.8. The van der Waals surface area contributed by atoms with Crippen molar-refractivity contribution in [2.75, 3.05) is 27.3 Å². The van der Waals surface area contributed by atoms with Gasteiger partial charge < -0.3 is 9.47 Å². The molecule has 0 radical (unpaired) electrons. The van der Waals surface area contributed by atoms with Gasteiger partial charge in [0.25, 0.3) is 0 Å². The summed E-state index contributed by atoms with van der Waals surface area (Å²) in [7, 11) is 3.29. The lowest BCUT2D eigenvalue weighted by Gasteiger charge is -2.17. The quantitative estimate of drug-likeness (QED) is 0.882. The monoisotopic (exact) mass is 330 g/mol. The molecule has 0 saturated carbocycles. The number of ether oxygens (including phenoxy) is 2. The van der Waals surface area contributed by atoms with Crippen molar-refractivity contribution >= 4 is 0 Å². The Labute approximate surface area is 143 Å². The van der Waals surface area contributed by atoms with E-state index in [0.29, 0.717) is 6.42 Å². The van der Waals surface area contributed by atoms with E-state index in [0.717, 1.165) is 48.3 Å². The maximum absolute atomic E-state index is 5.35. The summed E-state index contributed by atoms with van der Waals surface area (Å²) in [4.78, 5) is 7.10. The van der Waals surface area contributed by atoms with E-state index in [1.807, 2.05) is 18.2 Å². The molecule has 1 fully saturated rings. The zero-order valence-corrected chi connectivity index (χ0v) is 14.5. The van der Waals surface area contributed by atoms with Gasteiger partial charge in [0.05, 0.1) is 20.8 Å². The fourth-order valence-corrected chi connectivity index (χ4v) is 3.16. The number of hydrogen-bond acceptors (Lipinski definition) is 5. The fraction of sp³-hybridized carbons (Fsp3) is 0.556. The summed E-state index contributed by atoms with van der Waals surface area (Å²) in [6, 6.07) is 5.93. The molecule has 2 aromatic rings. The van der Waals surface area contributed by atoms with Gasteiger partial charge >= 0.3 is 0 Å². The number of nitrogens with one attached hydrogen (secondary N) is 1. The third-order valence-corrected chi connectivity index (χ3v) is 4.46. The van der Waals surface area contributed by atoms with Gasteiger partial charge in [0.1, 0.15) is 5.82 Å². The molecular weight excluding hydrogens is 304 g/mol. The molecule has 0 amide bonds. The summed E-state index contributed by atoms with van der Waals surface area (Å²) in [6.45, 7) is 3.14. The van der Waals surface area contributed by atoms with Gasteiger partial charge in [-0.2, -0.15) is 5.10 Å². The van der Waals surface area contributed by atoms with Gasteiger partial charge in [0.2, 0.25) is 0 Å². The van der Waals surface area contributed by atoms with Gasteiger partial charge in [-0.05, 0) is 43.6 Å². The largest absolute Gasteiger partial charge is 0.493 e. The molecule has 1 saturated heterocycles. The van der Waals surface area contributed by atoms with E-state index in [9.17, 15) is 0 Å². The molecule has 6 heteroatoms. The van der Waals surface area contributed by atoms with Crippen LogP contribution in [0.4, 0.5) is 0 Å². The van der Waals surface area contributed by atoms with Crippen molar-refractivity contribution < 1.29 is 9.47 Å². The minimum atomic E-state index is 0.702. The third kappa shape index (κ3) is 4.26. The predicted molar refractivity (Wildman–Crippen MR) is 92.5 cm³/mol. The summed E-state index contributed by atoms with van der Waals surface area (Å²) in [5.41, 5.74) is 1.12. The van der Waals surface area contributed by atoms with Gasteiger partial charge in [-0.1, -0.05) is 18.9 Å². The lowest BCUT2D eigenvalue weighted by atomic mass is 10.1. The number of hydrogen-bond donors (Lipinski definition) is 1. The predicted octanol–water partition coefficient (Wildman–Crippen LogP) is 2.79. The van der Waals surface area contributed by atoms with E-state index in [2.05, 4.69) is 20.1 Å². The number of likely N-dealkylation sites (tertiary alicyclic amines) is 1. The van der Waals surface area contributed by atoms with Crippen LogP contribution in [0.5, 0.6) is 11.5 Å². The first kappa shape index (κ1) is 16.8. The van der Waals surface area contributed by atoms with E-state index >= 15 is 0 Å². The van der Waals surface area contributed by atoms with Crippen molar-refractivity contribution in [3.05, 3.63) is 35.4 Å². The first-order valence-electron chi connectivity index (χ1n) is 8.62. The van der Waals surface area contributed by atoms with Crippen LogP contribution < -0.4 is 9.47 Å². The maximum atomic E-state index is 5.35. The highest BCUT2D eigenvalue weighted by Gasteiger charge is 2.13. The van der Waals surface area contributed by atoms with Crippen molar-refractivity contribution in [3.63, 3.8) is 0 Å². The zero-order chi connectivity index (χ0) is 16.8. The van der Waals surface area contributed by atoms with Gasteiger partial charge in [0.15, 0.2) is 17.3 Å². The average molecular weight is 330 g/mol. The standard InChI is InChI=1S/C18H26N4O2/c1-23-15-8-7-14(11-16(15)24-2)12-17-19-18(21-20-17)13-22-9-5-3-4-6-10-22/h7-8,11H,3-6,9-10,12-13H2,1-2H3,(H,19,20,21). The lowest BCUT2D eigenvalue weighted by Crippen LogP contribution is -2.24. The molecule has 24 heavy (non-hydrogen) atoms. The van der Waals surface area contributed by atoms with E-state index in [4.69, 9.17) is 9.47 Å². The van der Waals surface area contributed by atoms with E-state index < -0.39 is 0 Å². The van der Waals surface area contributed by atoms with Crippen LogP contribution in [0, 0.1) is 0 Å². The van der Waals surface area contributed by atoms with Crippen molar-refractivity contribution in [1.29, 1.82) is 0 Å². The smallest absolute Gasteiger partial charge is 0.164 e. The van der Waals surface area contributed by atoms with Gasteiger partial charge in [-0.15, -0.1) is 0 Å². The van der Waals surface area contributed by atoms with Crippen molar-refractivity contribution in [3.8, 4) is 11.5 Å². The van der Waals surface area contributed by atoms with Crippen molar-refractivity contribution in [2.24, 2.45) is 0 Å². The highest BCUT2D eigenvalue weighted by atomic mass is 16.5. The Balaban J connectivity index is 1.63. The van der Waals surface area contributed by atoms with Crippen LogP contribution in [0.3, 0.4) is 0 Å². The number of nitrogens with zero attached hydrogens (tertiary/aromatic N) is 3. The van der Waals surface area contributed by atoms with E-state index in [-0.39, 0.29) is 0 Å². The van der Waals surface area contributed by atoms with Crippen molar-refractivity contribution in [2.45, 2.75) is 38.6 Å². The fourth-order valence-electron chi connectivity index (χ4n) is 3.16. The molecule has 1 aromatic carbocycles. The Morgan fingerprint density at radius 1 is 1.04 bits per heavy atom. The third-order valence-electron chi connectivity index (χ3n) is 4.46. The molecule has 1 aliphatic rings. The summed E-state index contributed by atoms with van der Waals surface area (Å²) in [5.74, 6) is 3.24. The highest BCUT2D eigenvalue weighted by Crippen LogP contribution is 2.28. The second kappa shape index (κ2) is 8.15. The molecule has 0 spiro atoms. The van der Waals surface area contributed by atoms with Crippen LogP contribution in [0.15, 0.2) is 18.2 Å². The number of methoxy groups -OCH3 is 2. The molecule has 0 unspecified atom stereocenters. The van der Waals surface area contributed by atoms with E-state index in [1.165, 1.54) is 25.7 Å². The van der Waals surface area contributed by atoms with Crippen LogP contribution in [0.2, 0.25) is 0 Å². The van der Waals surface area contributed by atoms with Crippen LogP contribution >= 0.6 is 0 Å². The van der Waals surface area contributed by atoms with Crippen LogP contribution in [-0.2, 0) is 13.0 Å². The maximum Gasteiger partial charge on any atom is 0.164 e. The second-order valence-electron chi connectivity index (χ2n) is 6.25. The minimum Gasteiger partial charge on any atom is -0.493 e. The molecule has 1 aliphatic heterocycles. The number of benzene rings is 1. The molecule has 0 aliphatic carbocycles. The van der Waals surface area contributed by atoms with Crippen molar-refractivity contribution in [1.82, 2.24) is 20.1 Å². The topological polar surface area (TPSA) is 63.3 Å². The Kier molecular flexibility index (Phi) is 5.69. The van der Waals surface area contributed by atoms with Gasteiger partial charge in [0, 0.05) is 6.42 Å². The Morgan fingerprint density at radius 3 is 2.50 bits per heavy atom. The summed E-state index contributed by atoms with van der Waals surface area (Å²) < 4.78 is 10.6. The molecule has 2 heterocycles. The number of H-pyrrole nitrogens is 1. The Hall–Kier alpha value is -2.08. The van der Waals surface area contributed by atoms with Gasteiger partial charge in [-0.3, -0.25) is 10.00 Å². The summed E-state index contributed by atoms with van der Waals surface area (Å²) >= 11 is 0. The molecule has 0 bridgehead atoms. The normalized spacial score (nSPS) is 15.9. The minimum absolute atomic E-state index is 0.702. The molecule has 1 aromatic heterocycles. The lowest BCUT2D eigenvalue weighted by molar-refractivity contribution is 0.270. The number of aromatic nitrogens is 3. The first-order valence-corrected chi connectivity index (χ1v) is 8.62. The molecule has 6 nitrogen and oxygen atoms in total. The molecule has 130 valence electrons. The summed E-state index contributed by atoms with van der Waals surface area (Å²) in [5, 5.41) is 7.45. The molecule has 3 rings (SSSR count). The van der Waals surface area contributed by atoms with Gasteiger partial charge in [-0.25, -0.2) is 4.98 Å². The highest BCUT2D eigenvalue weighted by molar-refractivity contribution is 5.43. The zero-order valence-electron chi connectivity index (χ0n) is 14.5. The SMILES string of the molecule is COc1ccc(Cc2nc(CN3CCCCCC3)n[nH]2)cc1OC. The van der Waals surface area contributed by atoms with Crippen LogP contribution in [-0.4, -0.2) is 47.4 Å². The number of rotatable bonds is 6. The van der Waals surface area contributed by atoms with Crippen LogP contribution in [0.25, 0.3) is 0 Å². The Bertz CT molecular complexity index is 648.